The van der Waals surface area contributed by atoms with E-state index in [4.69, 9.17) is 16.3 Å². The molecule has 0 aromatic heterocycles. The van der Waals surface area contributed by atoms with E-state index < -0.39 is 5.91 Å². The molecule has 2 aromatic rings. The summed E-state index contributed by atoms with van der Waals surface area (Å²) in [7, 11) is 1.52. The molecule has 25 heavy (non-hydrogen) atoms. The minimum absolute atomic E-state index is 0.0717. The first-order chi connectivity index (χ1) is 11.9. The summed E-state index contributed by atoms with van der Waals surface area (Å²) in [5.74, 6) is -0.000526. The molecule has 0 aliphatic rings. The second-order valence-electron chi connectivity index (χ2n) is 5.08. The number of aryl methyl sites for hydroxylation is 1. The van der Waals surface area contributed by atoms with Crippen molar-refractivity contribution in [3.63, 3.8) is 0 Å². The van der Waals surface area contributed by atoms with E-state index in [1.54, 1.807) is 36.4 Å². The van der Waals surface area contributed by atoms with Gasteiger partial charge >= 0.3 is 0 Å². The van der Waals surface area contributed by atoms with Crippen LogP contribution in [-0.4, -0.2) is 13.0 Å². The first-order valence-corrected chi connectivity index (χ1v) is 8.39. The smallest absolute Gasteiger partial charge is 0.267 e. The molecular formula is C18H15BrClN3O2. The molecule has 128 valence electrons. The van der Waals surface area contributed by atoms with Crippen molar-refractivity contribution in [3.8, 4) is 11.8 Å². The average molecular weight is 421 g/mol. The Morgan fingerprint density at radius 1 is 1.32 bits per heavy atom. The molecule has 0 radical (unpaired) electrons. The van der Waals surface area contributed by atoms with E-state index in [1.807, 2.05) is 13.0 Å². The van der Waals surface area contributed by atoms with E-state index in [0.717, 1.165) is 10.0 Å². The predicted molar refractivity (Wildman–Crippen MR) is 103 cm³/mol. The van der Waals surface area contributed by atoms with Gasteiger partial charge in [-0.25, -0.2) is 0 Å². The minimum atomic E-state index is -0.512. The number of ether oxygens (including phenoxy) is 1. The molecule has 2 rings (SSSR count). The lowest BCUT2D eigenvalue weighted by molar-refractivity contribution is -0.112. The highest BCUT2D eigenvalue weighted by atomic mass is 79.9. The van der Waals surface area contributed by atoms with Gasteiger partial charge in [-0.2, -0.15) is 5.26 Å². The van der Waals surface area contributed by atoms with Crippen LogP contribution in [0.4, 0.5) is 11.4 Å². The first-order valence-electron chi connectivity index (χ1n) is 7.22. The zero-order chi connectivity index (χ0) is 18.4. The maximum Gasteiger partial charge on any atom is 0.267 e. The van der Waals surface area contributed by atoms with E-state index >= 15 is 0 Å². The third kappa shape index (κ3) is 4.99. The predicted octanol–water partition coefficient (Wildman–Crippen LogP) is 4.88. The van der Waals surface area contributed by atoms with Crippen LogP contribution in [-0.2, 0) is 4.79 Å². The first kappa shape index (κ1) is 18.8. The Hall–Kier alpha value is -2.49. The van der Waals surface area contributed by atoms with Crippen LogP contribution in [0.25, 0.3) is 0 Å². The second kappa shape index (κ2) is 8.56. The maximum absolute atomic E-state index is 12.2. The fourth-order valence-electron chi connectivity index (χ4n) is 1.98. The van der Waals surface area contributed by atoms with Crippen molar-refractivity contribution >= 4 is 44.8 Å². The Labute approximate surface area is 159 Å². The molecule has 2 N–H and O–H groups in total. The van der Waals surface area contributed by atoms with Crippen molar-refractivity contribution in [1.29, 1.82) is 5.26 Å². The number of hydrogen-bond acceptors (Lipinski definition) is 4. The lowest BCUT2D eigenvalue weighted by atomic mass is 10.2. The summed E-state index contributed by atoms with van der Waals surface area (Å²) in [6, 6.07) is 12.4. The van der Waals surface area contributed by atoms with Gasteiger partial charge in [0.2, 0.25) is 0 Å². The number of amides is 1. The SMILES string of the molecule is COc1cc(Cl)c(C)cc1N/C=C(/C#N)C(=O)Nc1ccc(Br)cc1. The number of hydrogen-bond donors (Lipinski definition) is 2. The normalized spacial score (nSPS) is 10.8. The summed E-state index contributed by atoms with van der Waals surface area (Å²) in [6.07, 6.45) is 1.33. The standard InChI is InChI=1S/C18H15BrClN3O2/c1-11-7-16(17(25-2)8-15(11)20)22-10-12(9-21)18(24)23-14-5-3-13(19)4-6-14/h3-8,10,22H,1-2H3,(H,23,24)/b12-10-. The molecule has 0 aliphatic heterocycles. The van der Waals surface area contributed by atoms with E-state index in [9.17, 15) is 10.1 Å². The molecule has 0 heterocycles. The molecule has 7 heteroatoms. The zero-order valence-corrected chi connectivity index (χ0v) is 15.9. The molecule has 0 unspecified atom stereocenters. The maximum atomic E-state index is 12.2. The second-order valence-corrected chi connectivity index (χ2v) is 6.40. The lowest BCUT2D eigenvalue weighted by Gasteiger charge is -2.11. The van der Waals surface area contributed by atoms with Crippen LogP contribution in [0.3, 0.4) is 0 Å². The number of nitrogens with one attached hydrogen (secondary N) is 2. The van der Waals surface area contributed by atoms with Gasteiger partial charge < -0.3 is 15.4 Å². The number of anilines is 2. The van der Waals surface area contributed by atoms with Crippen LogP contribution in [0.2, 0.25) is 5.02 Å². The van der Waals surface area contributed by atoms with Crippen LogP contribution in [0.5, 0.6) is 5.75 Å². The van der Waals surface area contributed by atoms with Crippen LogP contribution < -0.4 is 15.4 Å². The molecule has 0 bridgehead atoms. The molecule has 0 atom stereocenters. The number of halogens is 2. The van der Waals surface area contributed by atoms with Gasteiger partial charge in [0.1, 0.15) is 17.4 Å². The van der Waals surface area contributed by atoms with Gasteiger partial charge in [0.05, 0.1) is 12.8 Å². The van der Waals surface area contributed by atoms with Crippen molar-refractivity contribution in [2.75, 3.05) is 17.7 Å². The Kier molecular flexibility index (Phi) is 6.45. The van der Waals surface area contributed by atoms with Crippen molar-refractivity contribution < 1.29 is 9.53 Å². The fourth-order valence-corrected chi connectivity index (χ4v) is 2.39. The topological polar surface area (TPSA) is 74.1 Å². The summed E-state index contributed by atoms with van der Waals surface area (Å²) in [5.41, 5.74) is 1.97. The van der Waals surface area contributed by atoms with Gasteiger partial charge in [0.15, 0.2) is 0 Å². The zero-order valence-electron chi connectivity index (χ0n) is 13.6. The van der Waals surface area contributed by atoms with E-state index in [1.165, 1.54) is 13.3 Å². The Morgan fingerprint density at radius 3 is 2.60 bits per heavy atom. The molecule has 0 saturated heterocycles. The number of carbonyl (C=O) groups excluding carboxylic acids is 1. The molecule has 0 spiro atoms. The van der Waals surface area contributed by atoms with E-state index in [-0.39, 0.29) is 5.57 Å². The van der Waals surface area contributed by atoms with Crippen molar-refractivity contribution in [1.82, 2.24) is 0 Å². The largest absolute Gasteiger partial charge is 0.495 e. The van der Waals surface area contributed by atoms with E-state index in [0.29, 0.717) is 22.1 Å². The molecule has 0 aliphatic carbocycles. The average Bonchev–Trinajstić information content (AvgIpc) is 2.60. The number of benzene rings is 2. The number of methoxy groups -OCH3 is 1. The molecule has 1 amide bonds. The summed E-state index contributed by atoms with van der Waals surface area (Å²) >= 11 is 9.39. The molecule has 2 aromatic carbocycles. The summed E-state index contributed by atoms with van der Waals surface area (Å²) in [5, 5.41) is 15.4. The molecular weight excluding hydrogens is 406 g/mol. The van der Waals surface area contributed by atoms with Crippen LogP contribution in [0, 0.1) is 18.3 Å². The third-order valence-corrected chi connectivity index (χ3v) is 4.26. The molecule has 0 saturated carbocycles. The van der Waals surface area contributed by atoms with E-state index in [2.05, 4.69) is 26.6 Å². The van der Waals surface area contributed by atoms with Gasteiger partial charge in [0, 0.05) is 27.4 Å². The van der Waals surface area contributed by atoms with Crippen molar-refractivity contribution in [2.45, 2.75) is 6.92 Å². The third-order valence-electron chi connectivity index (χ3n) is 3.32. The van der Waals surface area contributed by atoms with Crippen LogP contribution >= 0.6 is 27.5 Å². The van der Waals surface area contributed by atoms with Crippen LogP contribution in [0.15, 0.2) is 52.6 Å². The number of nitriles is 1. The van der Waals surface area contributed by atoms with Gasteiger partial charge in [-0.3, -0.25) is 4.79 Å². The van der Waals surface area contributed by atoms with Gasteiger partial charge in [-0.05, 0) is 42.8 Å². The minimum Gasteiger partial charge on any atom is -0.495 e. The number of nitrogens with zero attached hydrogens (tertiary/aromatic N) is 1. The highest BCUT2D eigenvalue weighted by Gasteiger charge is 2.11. The summed E-state index contributed by atoms with van der Waals surface area (Å²) < 4.78 is 6.15. The van der Waals surface area contributed by atoms with Crippen LogP contribution in [0.1, 0.15) is 5.56 Å². The monoisotopic (exact) mass is 419 g/mol. The highest BCUT2D eigenvalue weighted by molar-refractivity contribution is 9.10. The van der Waals surface area contributed by atoms with Gasteiger partial charge in [-0.15, -0.1) is 0 Å². The molecule has 5 nitrogen and oxygen atoms in total. The van der Waals surface area contributed by atoms with Crippen molar-refractivity contribution in [3.05, 3.63) is 63.2 Å². The van der Waals surface area contributed by atoms with Gasteiger partial charge in [0.25, 0.3) is 5.91 Å². The Morgan fingerprint density at radius 2 is 2.00 bits per heavy atom. The Bertz CT molecular complexity index is 858. The summed E-state index contributed by atoms with van der Waals surface area (Å²) in [4.78, 5) is 12.2. The Balaban J connectivity index is 2.17. The number of carbonyl (C=O) groups is 1. The van der Waals surface area contributed by atoms with Crippen molar-refractivity contribution in [2.24, 2.45) is 0 Å². The highest BCUT2D eigenvalue weighted by Crippen LogP contribution is 2.31. The fraction of sp³-hybridized carbons (Fsp3) is 0.111. The quantitative estimate of drug-likeness (QED) is 0.534. The number of rotatable bonds is 5. The lowest BCUT2D eigenvalue weighted by Crippen LogP contribution is -2.14. The summed E-state index contributed by atoms with van der Waals surface area (Å²) in [6.45, 7) is 1.85. The molecule has 0 fully saturated rings. The van der Waals surface area contributed by atoms with Gasteiger partial charge in [-0.1, -0.05) is 27.5 Å².